The summed E-state index contributed by atoms with van der Waals surface area (Å²) in [5.74, 6) is 0. The summed E-state index contributed by atoms with van der Waals surface area (Å²) >= 11 is 3.75. The second-order valence-corrected chi connectivity index (χ2v) is 3.59. The van der Waals surface area contributed by atoms with Crippen molar-refractivity contribution < 1.29 is 0 Å². The van der Waals surface area contributed by atoms with E-state index < -0.39 is 0 Å². The molecule has 0 fully saturated rings. The Hall–Kier alpha value is 0.700. The first-order chi connectivity index (χ1) is 3.85. The molecule has 0 saturated carbocycles. The van der Waals surface area contributed by atoms with Gasteiger partial charge in [0.15, 0.2) is 0 Å². The Kier molecular flexibility index (Phi) is 6.34. The standard InChI is InChI=1S/C6H13S2/c1-4-5-6(7-2)8-3/h4-5H2,1-3H3. The van der Waals surface area contributed by atoms with Gasteiger partial charge >= 0.3 is 0 Å². The summed E-state index contributed by atoms with van der Waals surface area (Å²) in [5.41, 5.74) is 0. The maximum atomic E-state index is 2.21. The smallest absolute Gasteiger partial charge is 0.0842 e. The topological polar surface area (TPSA) is 0 Å². The van der Waals surface area contributed by atoms with Crippen LogP contribution in [-0.4, -0.2) is 12.5 Å². The molecular weight excluding hydrogens is 136 g/mol. The van der Waals surface area contributed by atoms with Crippen molar-refractivity contribution in [1.82, 2.24) is 0 Å². The molecule has 0 aromatic heterocycles. The van der Waals surface area contributed by atoms with E-state index in [1.165, 1.54) is 12.8 Å². The predicted molar refractivity (Wildman–Crippen MR) is 45.2 cm³/mol. The van der Waals surface area contributed by atoms with Crippen molar-refractivity contribution in [3.8, 4) is 0 Å². The van der Waals surface area contributed by atoms with Gasteiger partial charge in [-0.1, -0.05) is 13.3 Å². The molecule has 0 atom stereocenters. The molecule has 0 aliphatic carbocycles. The molecule has 0 N–H and O–H groups in total. The maximum absolute atomic E-state index is 2.21. The first-order valence-electron chi connectivity index (χ1n) is 2.79. The molecule has 2 heteroatoms. The molecule has 0 aliphatic heterocycles. The third kappa shape index (κ3) is 3.67. The van der Waals surface area contributed by atoms with Crippen molar-refractivity contribution in [3.05, 3.63) is 4.58 Å². The summed E-state index contributed by atoms with van der Waals surface area (Å²) in [7, 11) is 0. The van der Waals surface area contributed by atoms with Gasteiger partial charge in [-0.2, -0.15) is 0 Å². The second kappa shape index (κ2) is 5.83. The molecule has 0 saturated heterocycles. The van der Waals surface area contributed by atoms with E-state index in [4.69, 9.17) is 0 Å². The van der Waals surface area contributed by atoms with Gasteiger partial charge in [0.25, 0.3) is 0 Å². The number of thioether (sulfide) groups is 2. The summed E-state index contributed by atoms with van der Waals surface area (Å²) in [6, 6.07) is 0. The number of hydrogen-bond acceptors (Lipinski definition) is 2. The zero-order chi connectivity index (χ0) is 6.41. The molecule has 0 heterocycles. The Morgan fingerprint density at radius 1 is 1.25 bits per heavy atom. The van der Waals surface area contributed by atoms with Gasteiger partial charge in [-0.25, -0.2) is 0 Å². The molecule has 0 aromatic carbocycles. The molecule has 0 unspecified atom stereocenters. The summed E-state index contributed by atoms with van der Waals surface area (Å²) < 4.78 is 1.55. The lowest BCUT2D eigenvalue weighted by Crippen LogP contribution is -1.81. The molecule has 49 valence electrons. The van der Waals surface area contributed by atoms with Gasteiger partial charge < -0.3 is 0 Å². The van der Waals surface area contributed by atoms with Crippen molar-refractivity contribution in [2.75, 3.05) is 12.5 Å². The highest BCUT2D eigenvalue weighted by atomic mass is 32.2. The normalized spacial score (nSPS) is 10.5. The van der Waals surface area contributed by atoms with Gasteiger partial charge in [-0.3, -0.25) is 0 Å². The molecule has 8 heavy (non-hydrogen) atoms. The van der Waals surface area contributed by atoms with Crippen LogP contribution in [0.15, 0.2) is 0 Å². The minimum Gasteiger partial charge on any atom is -0.145 e. The SMILES string of the molecule is CCC[C](SC)SC. The lowest BCUT2D eigenvalue weighted by molar-refractivity contribution is 0.932. The molecule has 1 radical (unpaired) electrons. The Bertz CT molecular complexity index is 41.8. The fourth-order valence-electron chi connectivity index (χ4n) is 0.492. The molecular formula is C6H13S2. The van der Waals surface area contributed by atoms with Crippen LogP contribution in [0, 0.1) is 4.58 Å². The highest BCUT2D eigenvalue weighted by Crippen LogP contribution is 2.31. The van der Waals surface area contributed by atoms with Crippen molar-refractivity contribution in [2.24, 2.45) is 0 Å². The van der Waals surface area contributed by atoms with Crippen LogP contribution >= 0.6 is 23.5 Å². The van der Waals surface area contributed by atoms with Crippen molar-refractivity contribution in [3.63, 3.8) is 0 Å². The molecule has 0 amide bonds. The van der Waals surface area contributed by atoms with Crippen molar-refractivity contribution >= 4 is 23.5 Å². The minimum atomic E-state index is 1.27. The minimum absolute atomic E-state index is 1.27. The van der Waals surface area contributed by atoms with E-state index in [1.54, 1.807) is 4.58 Å². The average molecular weight is 149 g/mol. The Labute approximate surface area is 60.8 Å². The third-order valence-corrected chi connectivity index (χ3v) is 3.23. The van der Waals surface area contributed by atoms with Crippen LogP contribution in [0.3, 0.4) is 0 Å². The van der Waals surface area contributed by atoms with Crippen molar-refractivity contribution in [1.29, 1.82) is 0 Å². The Morgan fingerprint density at radius 2 is 1.75 bits per heavy atom. The van der Waals surface area contributed by atoms with E-state index in [-0.39, 0.29) is 0 Å². The molecule has 0 nitrogen and oxygen atoms in total. The van der Waals surface area contributed by atoms with Gasteiger partial charge in [0.2, 0.25) is 0 Å². The Morgan fingerprint density at radius 3 is 1.88 bits per heavy atom. The van der Waals surface area contributed by atoms with E-state index in [2.05, 4.69) is 19.4 Å². The van der Waals surface area contributed by atoms with Crippen LogP contribution in [0.25, 0.3) is 0 Å². The van der Waals surface area contributed by atoms with E-state index in [9.17, 15) is 0 Å². The molecule has 0 bridgehead atoms. The average Bonchev–Trinajstić information content (AvgIpc) is 1.83. The molecule has 0 spiro atoms. The largest absolute Gasteiger partial charge is 0.145 e. The van der Waals surface area contributed by atoms with Gasteiger partial charge in [0.05, 0.1) is 4.58 Å². The maximum Gasteiger partial charge on any atom is 0.0842 e. The van der Waals surface area contributed by atoms with Crippen LogP contribution in [0.4, 0.5) is 0 Å². The van der Waals surface area contributed by atoms with E-state index >= 15 is 0 Å². The van der Waals surface area contributed by atoms with Crippen molar-refractivity contribution in [2.45, 2.75) is 19.8 Å². The Balaban J connectivity index is 3.07. The van der Waals surface area contributed by atoms with Crippen LogP contribution < -0.4 is 0 Å². The van der Waals surface area contributed by atoms with Crippen LogP contribution in [0.5, 0.6) is 0 Å². The summed E-state index contributed by atoms with van der Waals surface area (Å²) in [6.07, 6.45) is 6.82. The number of hydrogen-bond donors (Lipinski definition) is 0. The fourth-order valence-corrected chi connectivity index (χ4v) is 1.97. The van der Waals surface area contributed by atoms with Gasteiger partial charge in [0, 0.05) is 0 Å². The second-order valence-electron chi connectivity index (χ2n) is 1.53. The first-order valence-corrected chi connectivity index (χ1v) is 5.23. The lowest BCUT2D eigenvalue weighted by atomic mass is 10.4. The fraction of sp³-hybridized carbons (Fsp3) is 0.833. The zero-order valence-corrected chi connectivity index (χ0v) is 7.36. The third-order valence-electron chi connectivity index (χ3n) is 0.909. The monoisotopic (exact) mass is 149 g/mol. The van der Waals surface area contributed by atoms with Gasteiger partial charge in [-0.05, 0) is 18.9 Å². The highest BCUT2D eigenvalue weighted by Gasteiger charge is 2.01. The lowest BCUT2D eigenvalue weighted by Gasteiger charge is -2.06. The zero-order valence-electron chi connectivity index (χ0n) is 5.73. The van der Waals surface area contributed by atoms with Gasteiger partial charge in [-0.15, -0.1) is 23.5 Å². The molecule has 0 aromatic rings. The van der Waals surface area contributed by atoms with Gasteiger partial charge in [0.1, 0.15) is 0 Å². The quantitative estimate of drug-likeness (QED) is 0.602. The first kappa shape index (κ1) is 8.70. The predicted octanol–water partition coefficient (Wildman–Crippen LogP) is 3.00. The van der Waals surface area contributed by atoms with Crippen LogP contribution in [0.2, 0.25) is 0 Å². The van der Waals surface area contributed by atoms with Crippen LogP contribution in [-0.2, 0) is 0 Å². The van der Waals surface area contributed by atoms with E-state index in [1.807, 2.05) is 23.5 Å². The number of rotatable bonds is 4. The summed E-state index contributed by atoms with van der Waals surface area (Å²) in [5, 5.41) is 0. The summed E-state index contributed by atoms with van der Waals surface area (Å²) in [4.78, 5) is 0. The molecule has 0 aliphatic rings. The summed E-state index contributed by atoms with van der Waals surface area (Å²) in [6.45, 7) is 2.21. The van der Waals surface area contributed by atoms with Crippen LogP contribution in [0.1, 0.15) is 19.8 Å². The van der Waals surface area contributed by atoms with E-state index in [0.29, 0.717) is 0 Å². The molecule has 0 rings (SSSR count). The highest BCUT2D eigenvalue weighted by molar-refractivity contribution is 8.20. The van der Waals surface area contributed by atoms with E-state index in [0.717, 1.165) is 0 Å².